The lowest BCUT2D eigenvalue weighted by molar-refractivity contribution is -0.138. The molecule has 10 heteroatoms. The van der Waals surface area contributed by atoms with Gasteiger partial charge in [-0.05, 0) is 41.5 Å². The predicted molar refractivity (Wildman–Crippen MR) is 110 cm³/mol. The zero-order valence-corrected chi connectivity index (χ0v) is 16.4. The summed E-state index contributed by atoms with van der Waals surface area (Å²) >= 11 is 13.0. The van der Waals surface area contributed by atoms with E-state index < -0.39 is 17.1 Å². The third-order valence-corrected chi connectivity index (χ3v) is 5.22. The molecule has 0 radical (unpaired) electrons. The summed E-state index contributed by atoms with van der Waals surface area (Å²) in [6.07, 6.45) is 1.03. The number of nitrogens with zero attached hydrogens (tertiary/aromatic N) is 2. The largest absolute Gasteiger partial charge is 0.507 e. The molecule has 7 nitrogen and oxygen atoms in total. The molecule has 3 rings (SSSR count). The second-order valence-electron chi connectivity index (χ2n) is 5.78. The zero-order chi connectivity index (χ0) is 20.3. The van der Waals surface area contributed by atoms with E-state index in [-0.39, 0.29) is 17.3 Å². The minimum Gasteiger partial charge on any atom is -0.507 e. The molecule has 3 N–H and O–H groups in total. The molecule has 1 amide bonds. The second-order valence-corrected chi connectivity index (χ2v) is 7.84. The van der Waals surface area contributed by atoms with Crippen LogP contribution < -0.4 is 5.32 Å². The summed E-state index contributed by atoms with van der Waals surface area (Å²) in [7, 11) is 0. The van der Waals surface area contributed by atoms with Gasteiger partial charge in [-0.25, -0.2) is 0 Å². The van der Waals surface area contributed by atoms with Crippen molar-refractivity contribution in [2.75, 3.05) is 0 Å². The number of aliphatic carboxylic acids is 1. The quantitative estimate of drug-likeness (QED) is 0.486. The molecule has 0 aliphatic carbocycles. The van der Waals surface area contributed by atoms with Crippen molar-refractivity contribution in [1.82, 2.24) is 5.32 Å². The van der Waals surface area contributed by atoms with Crippen LogP contribution >= 0.6 is 35.0 Å². The van der Waals surface area contributed by atoms with E-state index in [0.717, 1.165) is 22.9 Å². The molecule has 1 aliphatic heterocycles. The van der Waals surface area contributed by atoms with Crippen molar-refractivity contribution < 1.29 is 19.8 Å². The highest BCUT2D eigenvalue weighted by atomic mass is 35.5. The van der Waals surface area contributed by atoms with E-state index in [1.807, 2.05) is 0 Å². The maximum atomic E-state index is 11.6. The van der Waals surface area contributed by atoms with Crippen LogP contribution in [0.4, 0.5) is 0 Å². The summed E-state index contributed by atoms with van der Waals surface area (Å²) in [5.41, 5.74) is 1.89. The molecule has 1 fully saturated rings. The van der Waals surface area contributed by atoms with Gasteiger partial charge in [0.15, 0.2) is 5.17 Å². The monoisotopic (exact) mass is 437 g/mol. The van der Waals surface area contributed by atoms with Gasteiger partial charge in [0.2, 0.25) is 5.91 Å². The summed E-state index contributed by atoms with van der Waals surface area (Å²) in [5.74, 6) is -1.51. The van der Waals surface area contributed by atoms with Gasteiger partial charge in [0.1, 0.15) is 11.0 Å². The van der Waals surface area contributed by atoms with Crippen LogP contribution in [0, 0.1) is 0 Å². The van der Waals surface area contributed by atoms with Gasteiger partial charge in [-0.15, -0.1) is 5.10 Å². The summed E-state index contributed by atoms with van der Waals surface area (Å²) in [5, 5.41) is 29.6. The Morgan fingerprint density at radius 1 is 1.18 bits per heavy atom. The van der Waals surface area contributed by atoms with Crippen LogP contribution in [0.15, 0.2) is 46.6 Å². The molecule has 1 saturated heterocycles. The third-order valence-electron chi connectivity index (χ3n) is 3.71. The Morgan fingerprint density at radius 3 is 2.54 bits per heavy atom. The smallest absolute Gasteiger partial charge is 0.305 e. The van der Waals surface area contributed by atoms with E-state index in [9.17, 15) is 14.7 Å². The third kappa shape index (κ3) is 5.03. The van der Waals surface area contributed by atoms with E-state index in [1.54, 1.807) is 36.4 Å². The van der Waals surface area contributed by atoms with Crippen molar-refractivity contribution in [2.24, 2.45) is 10.2 Å². The minimum atomic E-state index is -1.07. The SMILES string of the molecule is O=C(O)CC1SC(=NN=Cc2ccc(-c3cc(Cl)cc(Cl)c3)cc2O)NC1=O. The Morgan fingerprint density at radius 2 is 1.89 bits per heavy atom. The van der Waals surface area contributed by atoms with Gasteiger partial charge in [0.05, 0.1) is 12.6 Å². The highest BCUT2D eigenvalue weighted by Gasteiger charge is 2.32. The number of phenolic OH excluding ortho intramolecular Hbond substituents is 1. The molecular weight excluding hydrogens is 425 g/mol. The molecule has 2 aromatic carbocycles. The Labute approximate surface area is 174 Å². The van der Waals surface area contributed by atoms with E-state index in [1.165, 1.54) is 6.21 Å². The van der Waals surface area contributed by atoms with Crippen LogP contribution in [-0.2, 0) is 9.59 Å². The Balaban J connectivity index is 1.73. The molecule has 1 aliphatic rings. The van der Waals surface area contributed by atoms with Crippen LogP contribution in [0.25, 0.3) is 11.1 Å². The van der Waals surface area contributed by atoms with Gasteiger partial charge in [-0.1, -0.05) is 41.0 Å². The zero-order valence-electron chi connectivity index (χ0n) is 14.1. The van der Waals surface area contributed by atoms with Crippen molar-refractivity contribution in [3.05, 3.63) is 52.0 Å². The molecule has 1 atom stereocenters. The predicted octanol–water partition coefficient (Wildman–Crippen LogP) is 3.76. The first-order chi connectivity index (χ1) is 13.3. The number of carbonyl (C=O) groups is 2. The summed E-state index contributed by atoms with van der Waals surface area (Å²) in [6.45, 7) is 0. The average molecular weight is 438 g/mol. The van der Waals surface area contributed by atoms with Gasteiger partial charge in [-0.3, -0.25) is 9.59 Å². The minimum absolute atomic E-state index is 0.0237. The average Bonchev–Trinajstić information content (AvgIpc) is 2.94. The number of carboxylic acids is 1. The van der Waals surface area contributed by atoms with Gasteiger partial charge in [0.25, 0.3) is 0 Å². The number of carbonyl (C=O) groups excluding carboxylic acids is 1. The van der Waals surface area contributed by atoms with Gasteiger partial charge < -0.3 is 15.5 Å². The van der Waals surface area contributed by atoms with E-state index >= 15 is 0 Å². The number of amides is 1. The number of hydrogen-bond acceptors (Lipinski definition) is 6. The molecule has 2 aromatic rings. The van der Waals surface area contributed by atoms with E-state index in [0.29, 0.717) is 15.6 Å². The van der Waals surface area contributed by atoms with Gasteiger partial charge in [-0.2, -0.15) is 5.10 Å². The fourth-order valence-electron chi connectivity index (χ4n) is 2.44. The topological polar surface area (TPSA) is 111 Å². The molecule has 0 bridgehead atoms. The van der Waals surface area contributed by atoms with Crippen LogP contribution in [0.1, 0.15) is 12.0 Å². The first kappa shape index (κ1) is 20.2. The number of nitrogens with one attached hydrogen (secondary N) is 1. The molecule has 0 saturated carbocycles. The van der Waals surface area contributed by atoms with Crippen molar-refractivity contribution in [3.8, 4) is 16.9 Å². The lowest BCUT2D eigenvalue weighted by Crippen LogP contribution is -2.26. The summed E-state index contributed by atoms with van der Waals surface area (Å²) in [4.78, 5) is 22.3. The molecule has 144 valence electrons. The lowest BCUT2D eigenvalue weighted by Gasteiger charge is -2.06. The first-order valence-corrected chi connectivity index (χ1v) is 9.55. The Bertz CT molecular complexity index is 990. The van der Waals surface area contributed by atoms with E-state index in [4.69, 9.17) is 28.3 Å². The Hall–Kier alpha value is -2.55. The standard InChI is InChI=1S/C18H13Cl2N3O4S/c19-12-3-11(4-13(20)6-12)9-1-2-10(14(24)5-9)8-21-23-18-22-17(27)15(28-18)7-16(25)26/h1-6,8,15,24H,7H2,(H,25,26)(H,22,23,27). The number of aromatic hydroxyl groups is 1. The number of hydrogen-bond donors (Lipinski definition) is 3. The molecule has 1 unspecified atom stereocenters. The second kappa shape index (κ2) is 8.64. The maximum absolute atomic E-state index is 11.6. The van der Waals surface area contributed by atoms with Crippen molar-refractivity contribution >= 4 is 58.2 Å². The van der Waals surface area contributed by atoms with Crippen LogP contribution in [-0.4, -0.2) is 38.7 Å². The van der Waals surface area contributed by atoms with Crippen LogP contribution in [0.2, 0.25) is 10.0 Å². The molecule has 1 heterocycles. The number of rotatable bonds is 5. The number of thioether (sulfide) groups is 1. The van der Waals surface area contributed by atoms with Gasteiger partial charge in [0, 0.05) is 15.6 Å². The molecular formula is C18H13Cl2N3O4S. The van der Waals surface area contributed by atoms with Crippen molar-refractivity contribution in [1.29, 1.82) is 0 Å². The number of phenols is 1. The lowest BCUT2D eigenvalue weighted by atomic mass is 10.0. The van der Waals surface area contributed by atoms with Crippen molar-refractivity contribution in [2.45, 2.75) is 11.7 Å². The fourth-order valence-corrected chi connectivity index (χ4v) is 3.88. The Kier molecular flexibility index (Phi) is 6.23. The normalized spacial score (nSPS) is 18.0. The number of halogens is 2. The number of carboxylic acid groups (broad SMARTS) is 1. The molecule has 0 aromatic heterocycles. The van der Waals surface area contributed by atoms with E-state index in [2.05, 4.69) is 15.5 Å². The fraction of sp³-hybridized carbons (Fsp3) is 0.111. The summed E-state index contributed by atoms with van der Waals surface area (Å²) in [6, 6.07) is 10.0. The van der Waals surface area contributed by atoms with Crippen LogP contribution in [0.3, 0.4) is 0 Å². The van der Waals surface area contributed by atoms with Crippen molar-refractivity contribution in [3.63, 3.8) is 0 Å². The molecule has 28 heavy (non-hydrogen) atoms. The first-order valence-electron chi connectivity index (χ1n) is 7.91. The maximum Gasteiger partial charge on any atom is 0.305 e. The van der Waals surface area contributed by atoms with Gasteiger partial charge >= 0.3 is 5.97 Å². The number of benzene rings is 2. The van der Waals surface area contributed by atoms with Crippen LogP contribution in [0.5, 0.6) is 5.75 Å². The highest BCUT2D eigenvalue weighted by molar-refractivity contribution is 8.15. The highest BCUT2D eigenvalue weighted by Crippen LogP contribution is 2.30. The molecule has 0 spiro atoms. The summed E-state index contributed by atoms with van der Waals surface area (Å²) < 4.78 is 0. The number of amidine groups is 1.